The Balaban J connectivity index is 1.86. The van der Waals surface area contributed by atoms with Crippen LogP contribution in [0.25, 0.3) is 0 Å². The molecule has 0 aromatic carbocycles. The first kappa shape index (κ1) is 11.2. The Bertz CT molecular complexity index is 158. The second-order valence-corrected chi connectivity index (χ2v) is 4.31. The molecule has 3 nitrogen and oxygen atoms in total. The van der Waals surface area contributed by atoms with Crippen molar-refractivity contribution >= 4 is 26.5 Å². The lowest BCUT2D eigenvalue weighted by molar-refractivity contribution is 0.0573. The quantitative estimate of drug-likeness (QED) is 0.366. The summed E-state index contributed by atoms with van der Waals surface area (Å²) in [7, 11) is 0. The molecule has 0 saturated heterocycles. The molecule has 1 aliphatic rings. The molecule has 1 N–H and O–H groups in total. The number of hydrogen-bond donors (Lipinski definition) is 1. The Kier molecular flexibility index (Phi) is 5.70. The molecule has 76 valence electrons. The minimum absolute atomic E-state index is 0.0125. The van der Waals surface area contributed by atoms with E-state index in [4.69, 9.17) is 4.74 Å². The SMILES string of the molecule is O=C(I)NCCCOC1CCCC1. The molecule has 13 heavy (non-hydrogen) atoms. The van der Waals surface area contributed by atoms with E-state index in [2.05, 4.69) is 5.32 Å². The van der Waals surface area contributed by atoms with E-state index in [0.717, 1.165) is 19.6 Å². The molecule has 0 aromatic heterocycles. The fourth-order valence-electron chi connectivity index (χ4n) is 1.56. The maximum absolute atomic E-state index is 10.5. The van der Waals surface area contributed by atoms with Crippen molar-refractivity contribution in [1.82, 2.24) is 5.32 Å². The van der Waals surface area contributed by atoms with Crippen LogP contribution in [0, 0.1) is 0 Å². The standard InChI is InChI=1S/C9H16INO2/c10-9(12)11-6-3-7-13-8-4-1-2-5-8/h8H,1-7H2,(H,11,12). The Hall–Kier alpha value is 0.160. The lowest BCUT2D eigenvalue weighted by Crippen LogP contribution is -2.19. The van der Waals surface area contributed by atoms with Crippen LogP contribution in [-0.2, 0) is 4.74 Å². The van der Waals surface area contributed by atoms with Gasteiger partial charge >= 0.3 is 0 Å². The van der Waals surface area contributed by atoms with E-state index in [0.29, 0.717) is 6.10 Å². The third kappa shape index (κ3) is 5.46. The first-order valence-corrected chi connectivity index (χ1v) is 5.92. The number of nitrogens with one attached hydrogen (secondary N) is 1. The van der Waals surface area contributed by atoms with Crippen molar-refractivity contribution in [2.45, 2.75) is 38.2 Å². The monoisotopic (exact) mass is 297 g/mol. The van der Waals surface area contributed by atoms with Gasteiger partial charge in [-0.25, -0.2) is 0 Å². The minimum atomic E-state index is 0.0125. The van der Waals surface area contributed by atoms with Crippen LogP contribution in [-0.4, -0.2) is 23.2 Å². The average molecular weight is 297 g/mol. The third-order valence-corrected chi connectivity index (χ3v) is 2.62. The van der Waals surface area contributed by atoms with Gasteiger partial charge in [0.05, 0.1) is 6.10 Å². The van der Waals surface area contributed by atoms with Crippen molar-refractivity contribution in [1.29, 1.82) is 0 Å². The summed E-state index contributed by atoms with van der Waals surface area (Å²) in [6.07, 6.45) is 6.49. The van der Waals surface area contributed by atoms with Gasteiger partial charge in [0, 0.05) is 35.7 Å². The van der Waals surface area contributed by atoms with E-state index < -0.39 is 0 Å². The number of carbonyl (C=O) groups excluding carboxylic acids is 1. The third-order valence-electron chi connectivity index (χ3n) is 2.24. The molecule has 1 rings (SSSR count). The number of amides is 1. The molecule has 0 unspecified atom stereocenters. The smallest absolute Gasteiger partial charge is 0.280 e. The van der Waals surface area contributed by atoms with Crippen LogP contribution in [0.15, 0.2) is 0 Å². The van der Waals surface area contributed by atoms with Gasteiger partial charge in [-0.2, -0.15) is 0 Å². The van der Waals surface area contributed by atoms with Gasteiger partial charge in [0.15, 0.2) is 0 Å². The van der Waals surface area contributed by atoms with Gasteiger partial charge in [0.2, 0.25) is 0 Å². The van der Waals surface area contributed by atoms with Crippen LogP contribution in [0.4, 0.5) is 4.79 Å². The first-order chi connectivity index (χ1) is 6.29. The van der Waals surface area contributed by atoms with Crippen LogP contribution < -0.4 is 5.32 Å². The summed E-state index contributed by atoms with van der Waals surface area (Å²) in [5, 5.41) is 2.74. The van der Waals surface area contributed by atoms with Crippen LogP contribution in [0.2, 0.25) is 0 Å². The molecule has 1 aliphatic carbocycles. The maximum Gasteiger partial charge on any atom is 0.280 e. The Labute approximate surface area is 92.7 Å². The predicted octanol–water partition coefficient (Wildman–Crippen LogP) is 2.48. The van der Waals surface area contributed by atoms with Crippen LogP contribution in [0.1, 0.15) is 32.1 Å². The van der Waals surface area contributed by atoms with E-state index in [1.54, 1.807) is 22.6 Å². The molecule has 0 spiro atoms. The Morgan fingerprint density at radius 2 is 2.15 bits per heavy atom. The van der Waals surface area contributed by atoms with Gasteiger partial charge in [-0.3, -0.25) is 4.79 Å². The number of ether oxygens (including phenoxy) is 1. The normalized spacial score (nSPS) is 17.6. The van der Waals surface area contributed by atoms with E-state index in [1.165, 1.54) is 25.7 Å². The van der Waals surface area contributed by atoms with Crippen molar-refractivity contribution in [2.75, 3.05) is 13.2 Å². The van der Waals surface area contributed by atoms with Crippen LogP contribution in [0.3, 0.4) is 0 Å². The van der Waals surface area contributed by atoms with Gasteiger partial charge in [0.1, 0.15) is 0 Å². The topological polar surface area (TPSA) is 38.3 Å². The number of hydrogen-bond acceptors (Lipinski definition) is 2. The lowest BCUT2D eigenvalue weighted by Gasteiger charge is -2.10. The largest absolute Gasteiger partial charge is 0.378 e. The van der Waals surface area contributed by atoms with Gasteiger partial charge in [-0.15, -0.1) is 0 Å². The summed E-state index contributed by atoms with van der Waals surface area (Å²) in [6.45, 7) is 1.51. The molecular formula is C9H16INO2. The fourth-order valence-corrected chi connectivity index (χ4v) is 1.83. The average Bonchev–Trinajstić information content (AvgIpc) is 2.55. The predicted molar refractivity (Wildman–Crippen MR) is 60.2 cm³/mol. The molecule has 0 radical (unpaired) electrons. The second kappa shape index (κ2) is 6.59. The minimum Gasteiger partial charge on any atom is -0.378 e. The molecule has 0 aliphatic heterocycles. The fraction of sp³-hybridized carbons (Fsp3) is 0.889. The van der Waals surface area contributed by atoms with E-state index in [1.807, 2.05) is 0 Å². The molecule has 0 heterocycles. The zero-order valence-electron chi connectivity index (χ0n) is 7.72. The van der Waals surface area contributed by atoms with Crippen molar-refractivity contribution in [2.24, 2.45) is 0 Å². The molecule has 0 atom stereocenters. The summed E-state index contributed by atoms with van der Waals surface area (Å²) in [5.41, 5.74) is 0. The lowest BCUT2D eigenvalue weighted by atomic mass is 10.3. The molecule has 0 bridgehead atoms. The van der Waals surface area contributed by atoms with E-state index in [-0.39, 0.29) is 3.91 Å². The summed E-state index contributed by atoms with van der Waals surface area (Å²) in [4.78, 5) is 10.5. The molecule has 0 aromatic rings. The van der Waals surface area contributed by atoms with E-state index in [9.17, 15) is 4.79 Å². The Morgan fingerprint density at radius 3 is 2.77 bits per heavy atom. The summed E-state index contributed by atoms with van der Waals surface area (Å²) in [5.74, 6) is 0. The molecular weight excluding hydrogens is 281 g/mol. The van der Waals surface area contributed by atoms with Crippen molar-refractivity contribution in [3.05, 3.63) is 0 Å². The molecule has 1 saturated carbocycles. The van der Waals surface area contributed by atoms with Crippen molar-refractivity contribution in [3.63, 3.8) is 0 Å². The Morgan fingerprint density at radius 1 is 1.46 bits per heavy atom. The highest BCUT2D eigenvalue weighted by molar-refractivity contribution is 14.1. The molecule has 4 heteroatoms. The summed E-state index contributed by atoms with van der Waals surface area (Å²) >= 11 is 1.74. The first-order valence-electron chi connectivity index (χ1n) is 4.84. The zero-order valence-corrected chi connectivity index (χ0v) is 9.88. The number of halogens is 1. The van der Waals surface area contributed by atoms with Gasteiger partial charge in [-0.1, -0.05) is 12.8 Å². The highest BCUT2D eigenvalue weighted by Crippen LogP contribution is 2.20. The molecule has 1 fully saturated rings. The van der Waals surface area contributed by atoms with Gasteiger partial charge in [-0.05, 0) is 19.3 Å². The summed E-state index contributed by atoms with van der Waals surface area (Å²) < 4.78 is 5.64. The maximum atomic E-state index is 10.5. The zero-order chi connectivity index (χ0) is 9.52. The van der Waals surface area contributed by atoms with Crippen molar-refractivity contribution < 1.29 is 9.53 Å². The van der Waals surface area contributed by atoms with E-state index >= 15 is 0 Å². The van der Waals surface area contributed by atoms with Crippen molar-refractivity contribution in [3.8, 4) is 0 Å². The molecule has 1 amide bonds. The van der Waals surface area contributed by atoms with Gasteiger partial charge in [0.25, 0.3) is 3.91 Å². The number of carbonyl (C=O) groups is 1. The highest BCUT2D eigenvalue weighted by Gasteiger charge is 2.14. The van der Waals surface area contributed by atoms with Gasteiger partial charge < -0.3 is 10.1 Å². The summed E-state index contributed by atoms with van der Waals surface area (Å²) in [6, 6.07) is 0. The second-order valence-electron chi connectivity index (χ2n) is 3.33. The number of rotatable bonds is 5. The highest BCUT2D eigenvalue weighted by atomic mass is 127. The van der Waals surface area contributed by atoms with Crippen LogP contribution >= 0.6 is 22.6 Å². The van der Waals surface area contributed by atoms with Crippen LogP contribution in [0.5, 0.6) is 0 Å².